The Balaban J connectivity index is 1.25. The minimum Gasteiger partial charge on any atom is -0.481 e. The first-order chi connectivity index (χ1) is 17.2. The van der Waals surface area contributed by atoms with Crippen LogP contribution in [0.25, 0.3) is 0 Å². The van der Waals surface area contributed by atoms with Crippen LogP contribution in [0.15, 0.2) is 29.2 Å². The summed E-state index contributed by atoms with van der Waals surface area (Å²) in [5.74, 6) is 0.201. The molecular formula is C28H35ClN4O3. The summed E-state index contributed by atoms with van der Waals surface area (Å²) in [6, 6.07) is 6.43. The van der Waals surface area contributed by atoms with Crippen molar-refractivity contribution in [3.8, 4) is 0 Å². The van der Waals surface area contributed by atoms with Gasteiger partial charge in [-0.25, -0.2) is 4.68 Å². The minimum absolute atomic E-state index is 0.188. The zero-order chi connectivity index (χ0) is 25.2. The molecule has 1 N–H and O–H groups in total. The third-order valence-electron chi connectivity index (χ3n) is 9.56. The lowest BCUT2D eigenvalue weighted by molar-refractivity contribution is -0.151. The molecule has 5 fully saturated rings. The van der Waals surface area contributed by atoms with Crippen molar-refractivity contribution in [1.29, 1.82) is 0 Å². The maximum absolute atomic E-state index is 13.7. The second-order valence-corrected chi connectivity index (χ2v) is 12.4. The Morgan fingerprint density at radius 1 is 1.06 bits per heavy atom. The summed E-state index contributed by atoms with van der Waals surface area (Å²) in [5.41, 5.74) is 3.74. The second kappa shape index (κ2) is 8.51. The number of nitrogens with zero attached hydrogens (tertiary/aromatic N) is 4. The molecule has 7 nitrogen and oxygen atoms in total. The predicted octanol–water partition coefficient (Wildman–Crippen LogP) is 4.61. The van der Waals surface area contributed by atoms with Gasteiger partial charge in [0.25, 0.3) is 5.56 Å². The number of benzene rings is 1. The van der Waals surface area contributed by atoms with Crippen molar-refractivity contribution in [2.24, 2.45) is 17.3 Å². The molecule has 2 unspecified atom stereocenters. The van der Waals surface area contributed by atoms with Crippen LogP contribution in [0.4, 0.5) is 11.4 Å². The van der Waals surface area contributed by atoms with E-state index in [1.807, 2.05) is 0 Å². The highest BCUT2D eigenvalue weighted by Crippen LogP contribution is 2.65. The number of aryl methyl sites for hydroxylation is 1. The molecule has 2 atom stereocenters. The Hall–Kier alpha value is -2.54. The summed E-state index contributed by atoms with van der Waals surface area (Å²) in [4.78, 5) is 29.9. The van der Waals surface area contributed by atoms with E-state index >= 15 is 0 Å². The van der Waals surface area contributed by atoms with Crippen molar-refractivity contribution >= 4 is 28.9 Å². The first-order valence-corrected chi connectivity index (χ1v) is 13.6. The van der Waals surface area contributed by atoms with Crippen molar-refractivity contribution in [3.05, 3.63) is 50.9 Å². The van der Waals surface area contributed by atoms with Gasteiger partial charge >= 0.3 is 5.97 Å². The van der Waals surface area contributed by atoms with Crippen LogP contribution in [0.1, 0.15) is 56.1 Å². The van der Waals surface area contributed by atoms with Crippen molar-refractivity contribution in [2.45, 2.75) is 64.3 Å². The van der Waals surface area contributed by atoms with Crippen molar-refractivity contribution in [2.75, 3.05) is 36.0 Å². The molecule has 4 bridgehead atoms. The first-order valence-electron chi connectivity index (χ1n) is 13.2. The van der Waals surface area contributed by atoms with E-state index in [0.717, 1.165) is 64.7 Å². The number of aromatic nitrogens is 2. The van der Waals surface area contributed by atoms with Gasteiger partial charge in [-0.05, 0) is 86.8 Å². The van der Waals surface area contributed by atoms with E-state index in [1.54, 1.807) is 10.9 Å². The van der Waals surface area contributed by atoms with Gasteiger partial charge in [-0.3, -0.25) is 9.59 Å². The second-order valence-electron chi connectivity index (χ2n) is 12.0. The third kappa shape index (κ3) is 3.82. The smallest absolute Gasteiger partial charge is 0.303 e. The van der Waals surface area contributed by atoms with Crippen LogP contribution >= 0.6 is 11.6 Å². The highest BCUT2D eigenvalue weighted by Gasteiger charge is 2.59. The number of halogens is 1. The number of hydrogen-bond acceptors (Lipinski definition) is 5. The number of aliphatic carboxylic acids is 1. The summed E-state index contributed by atoms with van der Waals surface area (Å²) in [6.45, 7) is 7.57. The average Bonchev–Trinajstić information content (AvgIpc) is 2.81. The molecule has 7 rings (SSSR count). The van der Waals surface area contributed by atoms with Crippen LogP contribution in [0.3, 0.4) is 0 Å². The van der Waals surface area contributed by atoms with E-state index < -0.39 is 11.5 Å². The predicted molar refractivity (Wildman–Crippen MR) is 141 cm³/mol. The minimum atomic E-state index is -0.735. The summed E-state index contributed by atoms with van der Waals surface area (Å²) in [6.07, 6.45) is 7.56. The average molecular weight is 511 g/mol. The molecule has 1 aromatic heterocycles. The quantitative estimate of drug-likeness (QED) is 0.632. The fourth-order valence-corrected chi connectivity index (χ4v) is 8.67. The van der Waals surface area contributed by atoms with E-state index in [0.29, 0.717) is 17.5 Å². The lowest BCUT2D eigenvalue weighted by Crippen LogP contribution is -2.59. The highest BCUT2D eigenvalue weighted by atomic mass is 35.5. The number of hydrogen-bond donors (Lipinski definition) is 1. The standard InChI is InChI=1S/C28H35ClN4O3/c1-18-4-3-5-22(19(18)2)31-6-8-32(9-7-31)23-16-30-33(26(36)25(23)29)28-13-20-10-21(14-28)12-27(11-20,17-28)15-24(34)35/h3-5,16,20-21H,6-15,17H2,1-2H3,(H,34,35). The van der Waals surface area contributed by atoms with E-state index in [4.69, 9.17) is 16.7 Å². The fraction of sp³-hybridized carbons (Fsp3) is 0.607. The Morgan fingerprint density at radius 3 is 2.33 bits per heavy atom. The molecule has 0 amide bonds. The van der Waals surface area contributed by atoms with Crippen molar-refractivity contribution in [1.82, 2.24) is 9.78 Å². The van der Waals surface area contributed by atoms with Crippen LogP contribution in [-0.4, -0.2) is 47.0 Å². The molecule has 1 saturated heterocycles. The number of carboxylic acid groups (broad SMARTS) is 1. The summed E-state index contributed by atoms with van der Waals surface area (Å²) < 4.78 is 1.65. The maximum Gasteiger partial charge on any atom is 0.303 e. The van der Waals surface area contributed by atoms with Crippen LogP contribution in [0.2, 0.25) is 5.02 Å². The summed E-state index contributed by atoms with van der Waals surface area (Å²) in [5, 5.41) is 14.6. The Kier molecular flexibility index (Phi) is 5.63. The Morgan fingerprint density at radius 2 is 1.69 bits per heavy atom. The maximum atomic E-state index is 13.7. The van der Waals surface area contributed by atoms with Gasteiger partial charge < -0.3 is 14.9 Å². The first kappa shape index (κ1) is 23.8. The molecule has 1 aromatic carbocycles. The molecule has 5 aliphatic rings. The topological polar surface area (TPSA) is 78.7 Å². The van der Waals surface area contributed by atoms with Gasteiger partial charge in [0.1, 0.15) is 5.02 Å². The van der Waals surface area contributed by atoms with Gasteiger partial charge in [0.15, 0.2) is 0 Å². The van der Waals surface area contributed by atoms with Crippen molar-refractivity contribution < 1.29 is 9.90 Å². The molecule has 0 radical (unpaired) electrons. The molecule has 8 heteroatoms. The fourth-order valence-electron chi connectivity index (χ4n) is 8.43. The summed E-state index contributed by atoms with van der Waals surface area (Å²) >= 11 is 6.77. The molecule has 2 aromatic rings. The highest BCUT2D eigenvalue weighted by molar-refractivity contribution is 6.33. The van der Waals surface area contributed by atoms with Gasteiger partial charge in [-0.1, -0.05) is 23.7 Å². The van der Waals surface area contributed by atoms with Gasteiger partial charge in [0, 0.05) is 31.9 Å². The summed E-state index contributed by atoms with van der Waals surface area (Å²) in [7, 11) is 0. The van der Waals surface area contributed by atoms with E-state index in [1.165, 1.54) is 16.8 Å². The number of piperazine rings is 1. The van der Waals surface area contributed by atoms with Crippen LogP contribution in [0, 0.1) is 31.1 Å². The van der Waals surface area contributed by atoms with Crippen molar-refractivity contribution in [3.63, 3.8) is 0 Å². The monoisotopic (exact) mass is 510 g/mol. The molecular weight excluding hydrogens is 476 g/mol. The molecule has 0 spiro atoms. The molecule has 2 heterocycles. The molecule has 1 aliphatic heterocycles. The third-order valence-corrected chi connectivity index (χ3v) is 9.92. The number of anilines is 2. The lowest BCUT2D eigenvalue weighted by Gasteiger charge is -2.61. The Labute approximate surface area is 217 Å². The zero-order valence-corrected chi connectivity index (χ0v) is 21.9. The van der Waals surface area contributed by atoms with Crippen LogP contribution < -0.4 is 15.4 Å². The van der Waals surface area contributed by atoms with E-state index in [2.05, 4.69) is 41.8 Å². The SMILES string of the molecule is Cc1cccc(N2CCN(c3cnn(C45CC6CC(CC(CC(=O)O)(C6)C4)C5)c(=O)c3Cl)CC2)c1C. The molecule has 36 heavy (non-hydrogen) atoms. The van der Waals surface area contributed by atoms with Gasteiger partial charge in [-0.2, -0.15) is 5.10 Å². The van der Waals surface area contributed by atoms with Gasteiger partial charge in [0.2, 0.25) is 0 Å². The van der Waals surface area contributed by atoms with Crippen LogP contribution in [-0.2, 0) is 10.3 Å². The molecule has 4 saturated carbocycles. The normalized spacial score (nSPS) is 31.2. The van der Waals surface area contributed by atoms with Gasteiger partial charge in [-0.15, -0.1) is 0 Å². The zero-order valence-electron chi connectivity index (χ0n) is 21.2. The lowest BCUT2D eigenvalue weighted by atomic mass is 9.46. The van der Waals surface area contributed by atoms with E-state index in [-0.39, 0.29) is 22.4 Å². The molecule has 4 aliphatic carbocycles. The number of carbonyl (C=O) groups is 1. The van der Waals surface area contributed by atoms with E-state index in [9.17, 15) is 14.7 Å². The molecule has 192 valence electrons. The number of rotatable bonds is 5. The van der Waals surface area contributed by atoms with Crippen LogP contribution in [0.5, 0.6) is 0 Å². The number of carboxylic acids is 1. The van der Waals surface area contributed by atoms with Gasteiger partial charge in [0.05, 0.1) is 23.8 Å². The largest absolute Gasteiger partial charge is 0.481 e. The Bertz CT molecular complexity index is 1250.